The molecule has 2 heteroatoms. The van der Waals surface area contributed by atoms with Crippen LogP contribution in [0.15, 0.2) is 78.9 Å². The van der Waals surface area contributed by atoms with E-state index in [0.717, 1.165) is 27.2 Å². The zero-order valence-electron chi connectivity index (χ0n) is 11.9. The smallest absolute Gasteiger partial charge is 0.0654 e. The zero-order chi connectivity index (χ0) is 14.9. The molecule has 1 N–H and O–H groups in total. The minimum atomic E-state index is 0.747. The molecule has 0 fully saturated rings. The van der Waals surface area contributed by atoms with Crippen LogP contribution >= 0.6 is 11.6 Å². The first-order valence-electron chi connectivity index (χ1n) is 7.25. The van der Waals surface area contributed by atoms with Gasteiger partial charge in [0.05, 0.1) is 16.2 Å². The summed E-state index contributed by atoms with van der Waals surface area (Å²) in [5.74, 6) is 0. The van der Waals surface area contributed by atoms with Crippen LogP contribution in [0, 0.1) is 0 Å². The van der Waals surface area contributed by atoms with E-state index in [1.165, 1.54) is 11.1 Å². The Bertz CT molecular complexity index is 924. The van der Waals surface area contributed by atoms with Crippen molar-refractivity contribution in [2.75, 3.05) is 0 Å². The Morgan fingerprint density at radius 1 is 0.636 bits per heavy atom. The summed E-state index contributed by atoms with van der Waals surface area (Å²) >= 11 is 6.39. The number of aromatic nitrogens is 1. The van der Waals surface area contributed by atoms with E-state index >= 15 is 0 Å². The Labute approximate surface area is 134 Å². The summed E-state index contributed by atoms with van der Waals surface area (Å²) in [6.45, 7) is 0. The molecule has 0 amide bonds. The first kappa shape index (κ1) is 13.2. The third-order valence-electron chi connectivity index (χ3n) is 3.91. The first-order valence-corrected chi connectivity index (χ1v) is 7.63. The molecule has 1 heterocycles. The highest BCUT2D eigenvalue weighted by molar-refractivity contribution is 6.35. The minimum Gasteiger partial charge on any atom is -0.353 e. The summed E-state index contributed by atoms with van der Waals surface area (Å²) < 4.78 is 0. The van der Waals surface area contributed by atoms with Crippen LogP contribution in [0.4, 0.5) is 0 Å². The van der Waals surface area contributed by atoms with Crippen LogP contribution in [0.1, 0.15) is 0 Å². The molecule has 0 radical (unpaired) electrons. The molecule has 0 aliphatic carbocycles. The van der Waals surface area contributed by atoms with Gasteiger partial charge in [-0.1, -0.05) is 84.4 Å². The molecular weight excluding hydrogens is 290 g/mol. The molecule has 106 valence electrons. The predicted molar refractivity (Wildman–Crippen MR) is 94.2 cm³/mol. The van der Waals surface area contributed by atoms with E-state index in [1.54, 1.807) is 0 Å². The molecule has 0 saturated heterocycles. The molecule has 0 aliphatic rings. The van der Waals surface area contributed by atoms with Gasteiger partial charge in [-0.05, 0) is 17.2 Å². The lowest BCUT2D eigenvalue weighted by Gasteiger charge is -2.05. The molecule has 1 aromatic heterocycles. The Hall–Kier alpha value is -2.51. The molecule has 4 aromatic rings. The van der Waals surface area contributed by atoms with Crippen LogP contribution in [-0.2, 0) is 0 Å². The van der Waals surface area contributed by atoms with Gasteiger partial charge in [-0.2, -0.15) is 0 Å². The molecule has 0 aliphatic heterocycles. The Morgan fingerprint density at radius 3 is 1.95 bits per heavy atom. The monoisotopic (exact) mass is 303 g/mol. The SMILES string of the molecule is Clc1cccc2c(-c3ccccc3)c(-c3ccccc3)[nH]c12. The number of halogens is 1. The van der Waals surface area contributed by atoms with E-state index < -0.39 is 0 Å². The first-order chi connectivity index (χ1) is 10.8. The quantitative estimate of drug-likeness (QED) is 0.457. The van der Waals surface area contributed by atoms with Crippen LogP contribution in [0.25, 0.3) is 33.3 Å². The second-order valence-electron chi connectivity index (χ2n) is 5.27. The van der Waals surface area contributed by atoms with Gasteiger partial charge in [0, 0.05) is 10.9 Å². The zero-order valence-corrected chi connectivity index (χ0v) is 12.6. The summed E-state index contributed by atoms with van der Waals surface area (Å²) in [5, 5.41) is 1.90. The van der Waals surface area contributed by atoms with Gasteiger partial charge in [0.2, 0.25) is 0 Å². The Balaban J connectivity index is 2.10. The Morgan fingerprint density at radius 2 is 1.27 bits per heavy atom. The van der Waals surface area contributed by atoms with Gasteiger partial charge in [-0.25, -0.2) is 0 Å². The number of para-hydroxylation sites is 1. The van der Waals surface area contributed by atoms with Crippen LogP contribution in [0.5, 0.6) is 0 Å². The Kier molecular flexibility index (Phi) is 3.21. The lowest BCUT2D eigenvalue weighted by atomic mass is 9.98. The van der Waals surface area contributed by atoms with Crippen molar-refractivity contribution in [3.63, 3.8) is 0 Å². The fraction of sp³-hybridized carbons (Fsp3) is 0. The molecule has 0 spiro atoms. The maximum absolute atomic E-state index is 6.39. The predicted octanol–water partition coefficient (Wildman–Crippen LogP) is 6.16. The summed E-state index contributed by atoms with van der Waals surface area (Å²) in [7, 11) is 0. The standard InChI is InChI=1S/C20H14ClN/c21-17-13-7-12-16-18(14-8-3-1-4-9-14)19(22-20(16)17)15-10-5-2-6-11-15/h1-13,22H. The molecule has 0 saturated carbocycles. The fourth-order valence-corrected chi connectivity index (χ4v) is 3.13. The van der Waals surface area contributed by atoms with Crippen molar-refractivity contribution in [3.8, 4) is 22.4 Å². The van der Waals surface area contributed by atoms with Crippen molar-refractivity contribution in [3.05, 3.63) is 83.9 Å². The van der Waals surface area contributed by atoms with Gasteiger partial charge < -0.3 is 4.98 Å². The molecule has 22 heavy (non-hydrogen) atoms. The van der Waals surface area contributed by atoms with E-state index in [9.17, 15) is 0 Å². The van der Waals surface area contributed by atoms with Crippen LogP contribution in [-0.4, -0.2) is 4.98 Å². The van der Waals surface area contributed by atoms with Gasteiger partial charge in [0.15, 0.2) is 0 Å². The highest BCUT2D eigenvalue weighted by Gasteiger charge is 2.15. The van der Waals surface area contributed by atoms with Crippen molar-refractivity contribution in [1.29, 1.82) is 0 Å². The number of fused-ring (bicyclic) bond motifs is 1. The fourth-order valence-electron chi connectivity index (χ4n) is 2.91. The largest absolute Gasteiger partial charge is 0.353 e. The summed E-state index contributed by atoms with van der Waals surface area (Å²) in [4.78, 5) is 3.52. The number of benzene rings is 3. The number of hydrogen-bond acceptors (Lipinski definition) is 0. The second-order valence-corrected chi connectivity index (χ2v) is 5.68. The summed E-state index contributed by atoms with van der Waals surface area (Å²) in [6.07, 6.45) is 0. The number of nitrogens with one attached hydrogen (secondary N) is 1. The van der Waals surface area contributed by atoms with Gasteiger partial charge in [0.25, 0.3) is 0 Å². The summed E-state index contributed by atoms with van der Waals surface area (Å²) in [6, 6.07) is 26.8. The van der Waals surface area contributed by atoms with E-state index in [-0.39, 0.29) is 0 Å². The lowest BCUT2D eigenvalue weighted by molar-refractivity contribution is 1.45. The third kappa shape index (κ3) is 2.11. The summed E-state index contributed by atoms with van der Waals surface area (Å²) in [5.41, 5.74) is 5.64. The van der Waals surface area contributed by atoms with Crippen molar-refractivity contribution in [2.24, 2.45) is 0 Å². The average molecular weight is 304 g/mol. The average Bonchev–Trinajstić information content (AvgIpc) is 2.97. The number of rotatable bonds is 2. The molecule has 3 aromatic carbocycles. The lowest BCUT2D eigenvalue weighted by Crippen LogP contribution is -1.82. The molecule has 1 nitrogen and oxygen atoms in total. The van der Waals surface area contributed by atoms with Gasteiger partial charge in [0.1, 0.15) is 0 Å². The van der Waals surface area contributed by atoms with Crippen molar-refractivity contribution in [1.82, 2.24) is 4.98 Å². The highest BCUT2D eigenvalue weighted by atomic mass is 35.5. The number of H-pyrrole nitrogens is 1. The van der Waals surface area contributed by atoms with Crippen molar-refractivity contribution < 1.29 is 0 Å². The van der Waals surface area contributed by atoms with Crippen LogP contribution in [0.2, 0.25) is 5.02 Å². The van der Waals surface area contributed by atoms with Crippen LogP contribution < -0.4 is 0 Å². The van der Waals surface area contributed by atoms with E-state index in [1.807, 2.05) is 24.3 Å². The molecular formula is C20H14ClN. The maximum atomic E-state index is 6.39. The second kappa shape index (κ2) is 5.36. The van der Waals surface area contributed by atoms with Crippen LogP contribution in [0.3, 0.4) is 0 Å². The van der Waals surface area contributed by atoms with Crippen molar-refractivity contribution in [2.45, 2.75) is 0 Å². The van der Waals surface area contributed by atoms with Crippen molar-refractivity contribution >= 4 is 22.5 Å². The maximum Gasteiger partial charge on any atom is 0.0654 e. The van der Waals surface area contributed by atoms with E-state index in [4.69, 9.17) is 11.6 Å². The number of aromatic amines is 1. The topological polar surface area (TPSA) is 15.8 Å². The minimum absolute atomic E-state index is 0.747. The van der Waals surface area contributed by atoms with E-state index in [0.29, 0.717) is 0 Å². The van der Waals surface area contributed by atoms with E-state index in [2.05, 4.69) is 59.6 Å². The van der Waals surface area contributed by atoms with Gasteiger partial charge in [-0.3, -0.25) is 0 Å². The molecule has 0 atom stereocenters. The molecule has 0 unspecified atom stereocenters. The molecule has 4 rings (SSSR count). The van der Waals surface area contributed by atoms with Gasteiger partial charge >= 0.3 is 0 Å². The molecule has 0 bridgehead atoms. The normalized spacial score (nSPS) is 11.0. The van der Waals surface area contributed by atoms with Gasteiger partial charge in [-0.15, -0.1) is 0 Å². The third-order valence-corrected chi connectivity index (χ3v) is 4.22. The number of hydrogen-bond donors (Lipinski definition) is 1. The highest BCUT2D eigenvalue weighted by Crippen LogP contribution is 2.40.